The third-order valence-electron chi connectivity index (χ3n) is 10.6. The minimum Gasteiger partial charge on any atom is -0.457 e. The van der Waals surface area contributed by atoms with Crippen LogP contribution >= 0.6 is 0 Å². The summed E-state index contributed by atoms with van der Waals surface area (Å²) in [5, 5.41) is 6.75. The van der Waals surface area contributed by atoms with Gasteiger partial charge in [-0.15, -0.1) is 0 Å². The average molecular weight is 659 g/mol. The van der Waals surface area contributed by atoms with Crippen molar-refractivity contribution in [2.75, 3.05) is 0 Å². The van der Waals surface area contributed by atoms with E-state index in [0.29, 0.717) is 0 Å². The highest BCUT2D eigenvalue weighted by atomic mass is 16.5. The number of aryl methyl sites for hydroxylation is 4. The Balaban J connectivity index is 1.11. The van der Waals surface area contributed by atoms with Gasteiger partial charge >= 0.3 is 0 Å². The van der Waals surface area contributed by atoms with Gasteiger partial charge in [0, 0.05) is 51.9 Å². The molecule has 0 fully saturated rings. The average Bonchev–Trinajstić information content (AvgIpc) is 3.83. The summed E-state index contributed by atoms with van der Waals surface area (Å²) in [4.78, 5) is 9.65. The van der Waals surface area contributed by atoms with E-state index in [0.717, 1.165) is 55.4 Å². The van der Waals surface area contributed by atoms with Crippen LogP contribution in [0.5, 0.6) is 11.5 Å². The topological polar surface area (TPSA) is 43.8 Å². The molecular weight excluding hydrogens is 625 g/mol. The number of para-hydroxylation sites is 1. The Morgan fingerprint density at radius 3 is 1.71 bits per heavy atom. The van der Waals surface area contributed by atoms with Crippen LogP contribution in [0.2, 0.25) is 0 Å². The Hall–Kier alpha value is -6.46. The van der Waals surface area contributed by atoms with E-state index in [-0.39, 0.29) is 0 Å². The number of imidazole rings is 2. The SMILES string of the molecule is Cc1cccc(C)c1-c1ccc2c(c1)c1ccc(Oc3ccc4c(c3)c3nccn3c3c(-c5c(C)cccc5C)cccc43)cc1c1nccn21. The summed E-state index contributed by atoms with van der Waals surface area (Å²) in [7, 11) is 0. The van der Waals surface area contributed by atoms with Gasteiger partial charge in [0.2, 0.25) is 0 Å². The molecule has 10 rings (SSSR count). The molecule has 4 heterocycles. The molecule has 0 spiro atoms. The van der Waals surface area contributed by atoms with Crippen molar-refractivity contribution >= 4 is 54.6 Å². The Labute approximate surface area is 295 Å². The largest absolute Gasteiger partial charge is 0.457 e. The summed E-state index contributed by atoms with van der Waals surface area (Å²) < 4.78 is 11.1. The Kier molecular flexibility index (Phi) is 6.37. The van der Waals surface area contributed by atoms with E-state index in [1.165, 1.54) is 55.3 Å². The normalized spacial score (nSPS) is 11.9. The van der Waals surface area contributed by atoms with E-state index in [2.05, 4.69) is 152 Å². The lowest BCUT2D eigenvalue weighted by molar-refractivity contribution is 0.484. The predicted octanol–water partition coefficient (Wildman–Crippen LogP) is 12.0. The molecule has 244 valence electrons. The molecule has 0 aliphatic carbocycles. The second kappa shape index (κ2) is 11.0. The number of nitrogens with zero attached hydrogens (tertiary/aromatic N) is 4. The number of fused-ring (bicyclic) bond motifs is 12. The molecule has 4 aromatic heterocycles. The van der Waals surface area contributed by atoms with Gasteiger partial charge < -0.3 is 4.74 Å². The van der Waals surface area contributed by atoms with Gasteiger partial charge in [-0.3, -0.25) is 8.80 Å². The first-order chi connectivity index (χ1) is 24.9. The monoisotopic (exact) mass is 658 g/mol. The fourth-order valence-electron chi connectivity index (χ4n) is 8.38. The van der Waals surface area contributed by atoms with Crippen molar-refractivity contribution in [3.63, 3.8) is 0 Å². The molecule has 0 amide bonds. The van der Waals surface area contributed by atoms with Crippen LogP contribution in [-0.2, 0) is 0 Å². The van der Waals surface area contributed by atoms with Crippen LogP contribution in [0.3, 0.4) is 0 Å². The number of pyridine rings is 2. The van der Waals surface area contributed by atoms with Gasteiger partial charge in [-0.2, -0.15) is 0 Å². The van der Waals surface area contributed by atoms with E-state index < -0.39 is 0 Å². The summed E-state index contributed by atoms with van der Waals surface area (Å²) in [5.74, 6) is 1.52. The van der Waals surface area contributed by atoms with Gasteiger partial charge in [-0.05, 0) is 126 Å². The third-order valence-corrected chi connectivity index (χ3v) is 10.6. The number of hydrogen-bond donors (Lipinski definition) is 0. The van der Waals surface area contributed by atoms with Crippen molar-refractivity contribution in [2.45, 2.75) is 27.7 Å². The standard InChI is InChI=1S/C46H34N4O/c1-27-8-5-9-28(2)42(27)31-14-19-41-38(24-31)35-18-16-33(26-40(35)45-47-20-22-49(41)45)51-32-15-17-34-36-12-7-13-37(43-29(3)10-6-11-30(43)4)44(36)50-23-21-48-46(50)39(34)25-32/h5-26H,1-4H3. The zero-order chi connectivity index (χ0) is 34.4. The molecule has 0 aliphatic rings. The van der Waals surface area contributed by atoms with E-state index in [9.17, 15) is 0 Å². The van der Waals surface area contributed by atoms with Gasteiger partial charge in [0.25, 0.3) is 0 Å². The van der Waals surface area contributed by atoms with Crippen molar-refractivity contribution in [3.8, 4) is 33.8 Å². The molecule has 10 aromatic rings. The van der Waals surface area contributed by atoms with E-state index in [1.807, 2.05) is 18.6 Å². The first kappa shape index (κ1) is 29.5. The van der Waals surface area contributed by atoms with Crippen molar-refractivity contribution in [2.24, 2.45) is 0 Å². The highest BCUT2D eigenvalue weighted by Gasteiger charge is 2.18. The molecule has 6 aromatic carbocycles. The maximum Gasteiger partial charge on any atom is 0.145 e. The lowest BCUT2D eigenvalue weighted by atomic mass is 9.92. The maximum atomic E-state index is 6.64. The lowest BCUT2D eigenvalue weighted by Gasteiger charge is -2.17. The Morgan fingerprint density at radius 2 is 1.04 bits per heavy atom. The maximum absolute atomic E-state index is 6.64. The highest BCUT2D eigenvalue weighted by molar-refractivity contribution is 6.16. The van der Waals surface area contributed by atoms with Crippen LogP contribution in [-0.4, -0.2) is 18.8 Å². The first-order valence-electron chi connectivity index (χ1n) is 17.4. The van der Waals surface area contributed by atoms with E-state index in [1.54, 1.807) is 0 Å². The molecule has 5 heteroatoms. The Bertz CT molecular complexity index is 2970. The molecule has 0 saturated carbocycles. The number of benzene rings is 6. The molecule has 0 unspecified atom stereocenters. The molecule has 0 radical (unpaired) electrons. The summed E-state index contributed by atoms with van der Waals surface area (Å²) in [6.07, 6.45) is 7.87. The second-order valence-corrected chi connectivity index (χ2v) is 13.7. The lowest BCUT2D eigenvalue weighted by Crippen LogP contribution is -1.96. The summed E-state index contributed by atoms with van der Waals surface area (Å²) in [6, 6.07) is 39.1. The van der Waals surface area contributed by atoms with Crippen LogP contribution < -0.4 is 4.74 Å². The molecule has 0 bridgehead atoms. The molecule has 0 aliphatic heterocycles. The minimum absolute atomic E-state index is 0.759. The molecule has 0 atom stereocenters. The van der Waals surface area contributed by atoms with Gasteiger partial charge in [0.05, 0.1) is 11.0 Å². The fraction of sp³-hybridized carbons (Fsp3) is 0.0870. The molecule has 5 nitrogen and oxygen atoms in total. The quantitative estimate of drug-likeness (QED) is 0.177. The number of aromatic nitrogens is 4. The van der Waals surface area contributed by atoms with Gasteiger partial charge in [0.1, 0.15) is 22.8 Å². The number of hydrogen-bond acceptors (Lipinski definition) is 3. The van der Waals surface area contributed by atoms with Crippen LogP contribution in [0, 0.1) is 27.7 Å². The van der Waals surface area contributed by atoms with Gasteiger partial charge in [-0.1, -0.05) is 60.7 Å². The van der Waals surface area contributed by atoms with Gasteiger partial charge in [-0.25, -0.2) is 9.97 Å². The van der Waals surface area contributed by atoms with E-state index >= 15 is 0 Å². The second-order valence-electron chi connectivity index (χ2n) is 13.7. The van der Waals surface area contributed by atoms with Crippen LogP contribution in [0.25, 0.3) is 76.9 Å². The van der Waals surface area contributed by atoms with Gasteiger partial charge in [0.15, 0.2) is 0 Å². The summed E-state index contributed by atoms with van der Waals surface area (Å²) in [5.41, 5.74) is 14.2. The minimum atomic E-state index is 0.759. The van der Waals surface area contributed by atoms with Crippen LogP contribution in [0.15, 0.2) is 134 Å². The molecule has 0 N–H and O–H groups in total. The fourth-order valence-corrected chi connectivity index (χ4v) is 8.38. The summed E-state index contributed by atoms with van der Waals surface area (Å²) >= 11 is 0. The third kappa shape index (κ3) is 4.41. The zero-order valence-corrected chi connectivity index (χ0v) is 28.9. The Morgan fingerprint density at radius 1 is 0.471 bits per heavy atom. The van der Waals surface area contributed by atoms with Crippen molar-refractivity contribution in [3.05, 3.63) is 156 Å². The van der Waals surface area contributed by atoms with Crippen molar-refractivity contribution in [1.82, 2.24) is 18.8 Å². The highest BCUT2D eigenvalue weighted by Crippen LogP contribution is 2.40. The molecule has 0 saturated heterocycles. The van der Waals surface area contributed by atoms with Crippen molar-refractivity contribution in [1.29, 1.82) is 0 Å². The van der Waals surface area contributed by atoms with Crippen LogP contribution in [0.1, 0.15) is 22.3 Å². The smallest absolute Gasteiger partial charge is 0.145 e. The molecule has 51 heavy (non-hydrogen) atoms. The van der Waals surface area contributed by atoms with Crippen LogP contribution in [0.4, 0.5) is 0 Å². The van der Waals surface area contributed by atoms with Crippen molar-refractivity contribution < 1.29 is 4.74 Å². The number of rotatable bonds is 4. The predicted molar refractivity (Wildman–Crippen MR) is 210 cm³/mol. The number of ether oxygens (including phenoxy) is 1. The summed E-state index contributed by atoms with van der Waals surface area (Å²) in [6.45, 7) is 8.74. The molecular formula is C46H34N4O. The zero-order valence-electron chi connectivity index (χ0n) is 28.9. The first-order valence-corrected chi connectivity index (χ1v) is 17.4. The van der Waals surface area contributed by atoms with E-state index in [4.69, 9.17) is 14.7 Å².